The number of imide groups is 1. The Hall–Kier alpha value is -1.84. The minimum absolute atomic E-state index is 0. The van der Waals surface area contributed by atoms with Crippen molar-refractivity contribution in [2.75, 3.05) is 19.6 Å². The second-order valence-electron chi connectivity index (χ2n) is 7.38. The average molecular weight is 498 g/mol. The number of carbonyl (C=O) groups excluding carboxylic acids is 2. The zero-order valence-electron chi connectivity index (χ0n) is 16.0. The molecule has 1 aromatic heterocycles. The third-order valence-electron chi connectivity index (χ3n) is 5.73. The summed E-state index contributed by atoms with van der Waals surface area (Å²) in [6, 6.07) is 3.73. The number of amides is 2. The van der Waals surface area contributed by atoms with Crippen LogP contribution in [0.5, 0.6) is 0 Å². The number of fused-ring (bicyclic) bond motifs is 5. The summed E-state index contributed by atoms with van der Waals surface area (Å²) >= 11 is 0. The van der Waals surface area contributed by atoms with Gasteiger partial charge in [-0.2, -0.15) is 0 Å². The van der Waals surface area contributed by atoms with E-state index in [2.05, 4.69) is 27.8 Å². The maximum Gasteiger partial charge on any atom is 0.233 e. The number of hydrogen-bond acceptors (Lipinski definition) is 4. The molecule has 4 unspecified atom stereocenters. The molecule has 152 valence electrons. The van der Waals surface area contributed by atoms with E-state index < -0.39 is 0 Å². The zero-order chi connectivity index (χ0) is 18.8. The largest absolute Gasteiger partial charge is 0.467 e. The van der Waals surface area contributed by atoms with Crippen molar-refractivity contribution in [3.8, 4) is 0 Å². The van der Waals surface area contributed by atoms with Crippen molar-refractivity contribution >= 4 is 41.8 Å². The van der Waals surface area contributed by atoms with E-state index in [0.29, 0.717) is 32.0 Å². The lowest BCUT2D eigenvalue weighted by Crippen LogP contribution is -2.40. The molecular formula is C20H27IN4O3. The molecule has 1 saturated carbocycles. The van der Waals surface area contributed by atoms with Gasteiger partial charge in [0.05, 0.1) is 18.1 Å². The van der Waals surface area contributed by atoms with Gasteiger partial charge in [0.25, 0.3) is 0 Å². The van der Waals surface area contributed by atoms with Crippen molar-refractivity contribution in [1.82, 2.24) is 15.5 Å². The minimum Gasteiger partial charge on any atom is -0.467 e. The Morgan fingerprint density at radius 2 is 1.93 bits per heavy atom. The van der Waals surface area contributed by atoms with Crippen LogP contribution >= 0.6 is 24.0 Å². The van der Waals surface area contributed by atoms with Crippen molar-refractivity contribution in [3.63, 3.8) is 0 Å². The van der Waals surface area contributed by atoms with Gasteiger partial charge in [-0.05, 0) is 43.7 Å². The second-order valence-corrected chi connectivity index (χ2v) is 7.38. The van der Waals surface area contributed by atoms with Crippen LogP contribution in [0.3, 0.4) is 0 Å². The average Bonchev–Trinajstić information content (AvgIpc) is 3.44. The van der Waals surface area contributed by atoms with E-state index in [0.717, 1.165) is 18.7 Å². The smallest absolute Gasteiger partial charge is 0.233 e. The summed E-state index contributed by atoms with van der Waals surface area (Å²) in [5.41, 5.74) is 0. The lowest BCUT2D eigenvalue weighted by molar-refractivity contribution is -0.140. The normalized spacial score (nSPS) is 27.9. The van der Waals surface area contributed by atoms with Crippen LogP contribution in [0.25, 0.3) is 0 Å². The number of rotatable bonds is 7. The maximum atomic E-state index is 12.7. The fourth-order valence-corrected chi connectivity index (χ4v) is 4.53. The van der Waals surface area contributed by atoms with Gasteiger partial charge >= 0.3 is 0 Å². The molecule has 2 N–H and O–H groups in total. The number of likely N-dealkylation sites (tertiary alicyclic amines) is 1. The SMILES string of the molecule is CCNC(=NCc1ccco1)NCCCN1C(=O)C2C3C=CC(C3)C2C1=O.I. The molecule has 2 heterocycles. The summed E-state index contributed by atoms with van der Waals surface area (Å²) in [6.07, 6.45) is 7.55. The number of halogens is 1. The van der Waals surface area contributed by atoms with Gasteiger partial charge in [0.1, 0.15) is 12.3 Å². The number of carbonyl (C=O) groups is 2. The van der Waals surface area contributed by atoms with E-state index in [1.54, 1.807) is 6.26 Å². The van der Waals surface area contributed by atoms with Gasteiger partial charge in [-0.15, -0.1) is 24.0 Å². The molecule has 0 aromatic carbocycles. The van der Waals surface area contributed by atoms with Crippen molar-refractivity contribution in [3.05, 3.63) is 36.3 Å². The predicted octanol–water partition coefficient (Wildman–Crippen LogP) is 2.15. The number of guanidine groups is 1. The molecule has 28 heavy (non-hydrogen) atoms. The summed E-state index contributed by atoms with van der Waals surface area (Å²) in [4.78, 5) is 31.3. The van der Waals surface area contributed by atoms with Crippen LogP contribution in [0.15, 0.2) is 40.0 Å². The summed E-state index contributed by atoms with van der Waals surface area (Å²) < 4.78 is 5.29. The van der Waals surface area contributed by atoms with E-state index in [9.17, 15) is 9.59 Å². The van der Waals surface area contributed by atoms with Crippen molar-refractivity contribution in [2.45, 2.75) is 26.3 Å². The molecule has 1 saturated heterocycles. The van der Waals surface area contributed by atoms with Gasteiger partial charge in [0.15, 0.2) is 5.96 Å². The molecule has 1 aliphatic heterocycles. The molecule has 7 nitrogen and oxygen atoms in total. The molecule has 0 spiro atoms. The van der Waals surface area contributed by atoms with Gasteiger partial charge in [0, 0.05) is 19.6 Å². The Balaban J connectivity index is 0.00000225. The van der Waals surface area contributed by atoms with Crippen LogP contribution in [0.2, 0.25) is 0 Å². The molecule has 1 aromatic rings. The Morgan fingerprint density at radius 1 is 1.21 bits per heavy atom. The summed E-state index contributed by atoms with van der Waals surface area (Å²) in [5, 5.41) is 6.44. The molecule has 4 atom stereocenters. The Kier molecular flexibility index (Phi) is 6.79. The fourth-order valence-electron chi connectivity index (χ4n) is 4.53. The van der Waals surface area contributed by atoms with Crippen LogP contribution in [-0.4, -0.2) is 42.3 Å². The highest BCUT2D eigenvalue weighted by Crippen LogP contribution is 2.52. The van der Waals surface area contributed by atoms with Gasteiger partial charge < -0.3 is 15.1 Å². The van der Waals surface area contributed by atoms with Gasteiger partial charge in [-0.1, -0.05) is 12.2 Å². The topological polar surface area (TPSA) is 86.9 Å². The quantitative estimate of drug-likeness (QED) is 0.150. The van der Waals surface area contributed by atoms with Gasteiger partial charge in [-0.3, -0.25) is 14.5 Å². The highest BCUT2D eigenvalue weighted by atomic mass is 127. The van der Waals surface area contributed by atoms with E-state index in [1.807, 2.05) is 19.1 Å². The highest BCUT2D eigenvalue weighted by molar-refractivity contribution is 14.0. The Morgan fingerprint density at radius 3 is 2.54 bits per heavy atom. The Labute approximate surface area is 182 Å². The monoisotopic (exact) mass is 498 g/mol. The number of nitrogens with zero attached hydrogens (tertiary/aromatic N) is 2. The Bertz CT molecular complexity index is 732. The standard InChI is InChI=1S/C20H26N4O3.HI/c1-2-21-20(23-12-15-5-3-10-27-15)22-8-4-9-24-18(25)16-13-6-7-14(11-13)17(16)19(24)26;/h3,5-7,10,13-14,16-17H,2,4,8-9,11-12H2,1H3,(H2,21,22,23);1H. The molecule has 4 rings (SSSR count). The van der Waals surface area contributed by atoms with Crippen LogP contribution in [0.4, 0.5) is 0 Å². The van der Waals surface area contributed by atoms with Crippen LogP contribution in [-0.2, 0) is 16.1 Å². The van der Waals surface area contributed by atoms with E-state index >= 15 is 0 Å². The third-order valence-corrected chi connectivity index (χ3v) is 5.73. The minimum atomic E-state index is -0.104. The molecule has 2 fully saturated rings. The number of furan rings is 1. The third kappa shape index (κ3) is 3.97. The first-order valence-corrected chi connectivity index (χ1v) is 9.77. The van der Waals surface area contributed by atoms with E-state index in [-0.39, 0.29) is 59.5 Å². The number of allylic oxidation sites excluding steroid dienone is 2. The molecule has 2 bridgehead atoms. The first-order chi connectivity index (χ1) is 13.2. The summed E-state index contributed by atoms with van der Waals surface area (Å²) in [5.74, 6) is 1.89. The first-order valence-electron chi connectivity index (χ1n) is 9.77. The molecule has 8 heteroatoms. The van der Waals surface area contributed by atoms with Gasteiger partial charge in [0.2, 0.25) is 11.8 Å². The highest BCUT2D eigenvalue weighted by Gasteiger charge is 2.58. The van der Waals surface area contributed by atoms with Crippen molar-refractivity contribution in [1.29, 1.82) is 0 Å². The maximum absolute atomic E-state index is 12.7. The zero-order valence-corrected chi connectivity index (χ0v) is 18.3. The number of aliphatic imine (C=N–C) groups is 1. The van der Waals surface area contributed by atoms with Crippen LogP contribution < -0.4 is 10.6 Å². The van der Waals surface area contributed by atoms with E-state index in [4.69, 9.17) is 4.42 Å². The molecular weight excluding hydrogens is 471 g/mol. The van der Waals surface area contributed by atoms with Crippen molar-refractivity contribution < 1.29 is 14.0 Å². The van der Waals surface area contributed by atoms with Crippen molar-refractivity contribution in [2.24, 2.45) is 28.7 Å². The fraction of sp³-hybridized carbons (Fsp3) is 0.550. The molecule has 0 radical (unpaired) electrons. The number of nitrogens with one attached hydrogen (secondary N) is 2. The first kappa shape index (κ1) is 20.9. The molecule has 3 aliphatic rings. The summed E-state index contributed by atoms with van der Waals surface area (Å²) in [7, 11) is 0. The summed E-state index contributed by atoms with van der Waals surface area (Å²) in [6.45, 7) is 4.33. The van der Waals surface area contributed by atoms with Crippen LogP contribution in [0, 0.1) is 23.7 Å². The molecule has 2 amide bonds. The predicted molar refractivity (Wildman–Crippen MR) is 116 cm³/mol. The van der Waals surface area contributed by atoms with E-state index in [1.165, 1.54) is 4.90 Å². The lowest BCUT2D eigenvalue weighted by Gasteiger charge is -2.18. The number of hydrogen-bond donors (Lipinski definition) is 2. The van der Waals surface area contributed by atoms with Crippen LogP contribution in [0.1, 0.15) is 25.5 Å². The van der Waals surface area contributed by atoms with Gasteiger partial charge in [-0.25, -0.2) is 4.99 Å². The molecule has 2 aliphatic carbocycles. The lowest BCUT2D eigenvalue weighted by atomic mass is 9.85. The second kappa shape index (κ2) is 9.11.